The number of rotatable bonds is 2. The van der Waals surface area contributed by atoms with Crippen molar-refractivity contribution in [2.45, 2.75) is 38.3 Å². The maximum atomic E-state index is 12.7. The third kappa shape index (κ3) is 2.25. The molecule has 3 amide bonds. The van der Waals surface area contributed by atoms with Gasteiger partial charge in [0.2, 0.25) is 11.8 Å². The zero-order valence-corrected chi connectivity index (χ0v) is 12.8. The number of imide groups is 1. The average molecular weight is 313 g/mol. The van der Waals surface area contributed by atoms with Gasteiger partial charge in [0, 0.05) is 18.5 Å². The van der Waals surface area contributed by atoms with E-state index in [9.17, 15) is 14.4 Å². The van der Waals surface area contributed by atoms with Crippen LogP contribution >= 0.6 is 0 Å². The van der Waals surface area contributed by atoms with Gasteiger partial charge in [-0.2, -0.15) is 0 Å². The number of nitrogens with zero attached hydrogens (tertiary/aromatic N) is 1. The Morgan fingerprint density at radius 3 is 2.57 bits per heavy atom. The van der Waals surface area contributed by atoms with Crippen molar-refractivity contribution >= 4 is 17.7 Å². The molecule has 0 aromatic heterocycles. The van der Waals surface area contributed by atoms with E-state index < -0.39 is 6.04 Å². The maximum absolute atomic E-state index is 12.7. The second-order valence-corrected chi connectivity index (χ2v) is 6.69. The van der Waals surface area contributed by atoms with Crippen LogP contribution in [0.2, 0.25) is 0 Å². The van der Waals surface area contributed by atoms with E-state index in [4.69, 9.17) is 5.73 Å². The van der Waals surface area contributed by atoms with Gasteiger partial charge in [-0.15, -0.1) is 0 Å². The lowest BCUT2D eigenvalue weighted by Gasteiger charge is -2.29. The number of piperidine rings is 1. The van der Waals surface area contributed by atoms with Crippen LogP contribution in [0, 0.1) is 5.92 Å². The van der Waals surface area contributed by atoms with Crippen molar-refractivity contribution < 1.29 is 14.4 Å². The molecular formula is C17H19N3O3. The Bertz CT molecular complexity index is 728. The van der Waals surface area contributed by atoms with Gasteiger partial charge in [0.05, 0.1) is 0 Å². The second kappa shape index (κ2) is 5.16. The smallest absolute Gasteiger partial charge is 0.255 e. The molecule has 1 saturated heterocycles. The molecular weight excluding hydrogens is 294 g/mol. The molecule has 0 bridgehead atoms. The lowest BCUT2D eigenvalue weighted by Crippen LogP contribution is -2.52. The standard InChI is InChI=1S/C17H19N3O3/c18-7-9-3-10-5-12-8-20(14-1-2-15(21)19-16(14)22)17(23)13(12)6-11(10)4-9/h5-6,9,14H,1-4,7-8,18H2,(H,19,21,22). The summed E-state index contributed by atoms with van der Waals surface area (Å²) < 4.78 is 0. The average Bonchev–Trinajstić information content (AvgIpc) is 3.06. The number of nitrogens with two attached hydrogens (primary N) is 1. The first-order valence-corrected chi connectivity index (χ1v) is 8.06. The first-order valence-electron chi connectivity index (χ1n) is 8.06. The molecule has 1 fully saturated rings. The van der Waals surface area contributed by atoms with E-state index in [1.54, 1.807) is 4.90 Å². The topological polar surface area (TPSA) is 92.5 Å². The van der Waals surface area contributed by atoms with Gasteiger partial charge >= 0.3 is 0 Å². The van der Waals surface area contributed by atoms with Crippen molar-refractivity contribution in [3.63, 3.8) is 0 Å². The minimum Gasteiger partial charge on any atom is -0.330 e. The predicted molar refractivity (Wildman–Crippen MR) is 82.4 cm³/mol. The Labute approximate surface area is 134 Å². The van der Waals surface area contributed by atoms with Crippen molar-refractivity contribution in [3.8, 4) is 0 Å². The van der Waals surface area contributed by atoms with Crippen LogP contribution < -0.4 is 11.1 Å². The first kappa shape index (κ1) is 14.4. The van der Waals surface area contributed by atoms with Gasteiger partial charge < -0.3 is 10.6 Å². The number of nitrogens with one attached hydrogen (secondary N) is 1. The summed E-state index contributed by atoms with van der Waals surface area (Å²) in [6.45, 7) is 1.11. The molecule has 6 heteroatoms. The molecule has 3 N–H and O–H groups in total. The molecule has 3 aliphatic rings. The highest BCUT2D eigenvalue weighted by atomic mass is 16.2. The number of benzene rings is 1. The fourth-order valence-corrected chi connectivity index (χ4v) is 3.95. The Morgan fingerprint density at radius 2 is 1.87 bits per heavy atom. The quantitative estimate of drug-likeness (QED) is 0.759. The SMILES string of the molecule is NCC1Cc2cc3c(cc2C1)C(=O)N(C1CCC(=O)NC1=O)C3. The molecule has 0 spiro atoms. The maximum Gasteiger partial charge on any atom is 0.255 e. The third-order valence-corrected chi connectivity index (χ3v) is 5.19. The Morgan fingerprint density at radius 1 is 1.13 bits per heavy atom. The summed E-state index contributed by atoms with van der Waals surface area (Å²) in [6, 6.07) is 3.54. The summed E-state index contributed by atoms with van der Waals surface area (Å²) in [4.78, 5) is 37.6. The van der Waals surface area contributed by atoms with Crippen LogP contribution in [0.25, 0.3) is 0 Å². The normalized spacial score (nSPS) is 26.3. The molecule has 2 aliphatic heterocycles. The summed E-state index contributed by atoms with van der Waals surface area (Å²) in [5.74, 6) is -0.261. The van der Waals surface area contributed by atoms with Crippen molar-refractivity contribution in [1.29, 1.82) is 0 Å². The number of fused-ring (bicyclic) bond motifs is 2. The zero-order valence-electron chi connectivity index (χ0n) is 12.8. The van der Waals surface area contributed by atoms with E-state index in [1.165, 1.54) is 11.1 Å². The molecule has 0 saturated carbocycles. The summed E-state index contributed by atoms with van der Waals surface area (Å²) in [5, 5.41) is 2.33. The van der Waals surface area contributed by atoms with Gasteiger partial charge in [0.25, 0.3) is 5.91 Å². The van der Waals surface area contributed by atoms with Crippen molar-refractivity contribution in [2.24, 2.45) is 11.7 Å². The molecule has 2 unspecified atom stereocenters. The lowest BCUT2D eigenvalue weighted by molar-refractivity contribution is -0.136. The minimum absolute atomic E-state index is 0.103. The molecule has 6 nitrogen and oxygen atoms in total. The van der Waals surface area contributed by atoms with Crippen LogP contribution in [0.5, 0.6) is 0 Å². The second-order valence-electron chi connectivity index (χ2n) is 6.69. The Balaban J connectivity index is 1.60. The summed E-state index contributed by atoms with van der Waals surface area (Å²) in [5.41, 5.74) is 9.93. The molecule has 1 aliphatic carbocycles. The van der Waals surface area contributed by atoms with Gasteiger partial charge in [-0.25, -0.2) is 0 Å². The molecule has 0 radical (unpaired) electrons. The first-order chi connectivity index (χ1) is 11.1. The van der Waals surface area contributed by atoms with E-state index in [1.807, 2.05) is 6.07 Å². The van der Waals surface area contributed by atoms with Crippen molar-refractivity contribution in [1.82, 2.24) is 10.2 Å². The molecule has 2 atom stereocenters. The molecule has 23 heavy (non-hydrogen) atoms. The largest absolute Gasteiger partial charge is 0.330 e. The third-order valence-electron chi connectivity index (χ3n) is 5.19. The van der Waals surface area contributed by atoms with Gasteiger partial charge in [-0.1, -0.05) is 6.07 Å². The Kier molecular flexibility index (Phi) is 3.23. The highest BCUT2D eigenvalue weighted by molar-refractivity contribution is 6.05. The van der Waals surface area contributed by atoms with E-state index in [0.29, 0.717) is 31.0 Å². The fraction of sp³-hybridized carbons (Fsp3) is 0.471. The van der Waals surface area contributed by atoms with Crippen LogP contribution in [-0.2, 0) is 29.0 Å². The van der Waals surface area contributed by atoms with Crippen molar-refractivity contribution in [2.75, 3.05) is 6.54 Å². The lowest BCUT2D eigenvalue weighted by atomic mass is 10.0. The van der Waals surface area contributed by atoms with Crippen LogP contribution in [0.4, 0.5) is 0 Å². The molecule has 4 rings (SSSR count). The van der Waals surface area contributed by atoms with E-state index >= 15 is 0 Å². The highest BCUT2D eigenvalue weighted by Gasteiger charge is 2.39. The summed E-state index contributed by atoms with van der Waals surface area (Å²) in [6.07, 6.45) is 2.57. The number of carbonyl (C=O) groups is 3. The van der Waals surface area contributed by atoms with E-state index in [0.717, 1.165) is 18.4 Å². The number of carbonyl (C=O) groups excluding carboxylic acids is 3. The molecule has 120 valence electrons. The summed E-state index contributed by atoms with van der Waals surface area (Å²) in [7, 11) is 0. The number of amides is 3. The van der Waals surface area contributed by atoms with Crippen LogP contribution in [0.1, 0.15) is 39.9 Å². The van der Waals surface area contributed by atoms with Gasteiger partial charge in [0.1, 0.15) is 6.04 Å². The van der Waals surface area contributed by atoms with E-state index in [2.05, 4.69) is 11.4 Å². The molecule has 1 aromatic carbocycles. The Hall–Kier alpha value is -2.21. The van der Waals surface area contributed by atoms with Crippen LogP contribution in [-0.4, -0.2) is 35.2 Å². The fourth-order valence-electron chi connectivity index (χ4n) is 3.95. The van der Waals surface area contributed by atoms with Gasteiger partial charge in [-0.05, 0) is 54.5 Å². The monoisotopic (exact) mass is 313 g/mol. The predicted octanol–water partition coefficient (Wildman–Crippen LogP) is 0.121. The van der Waals surface area contributed by atoms with Crippen molar-refractivity contribution in [3.05, 3.63) is 34.4 Å². The highest BCUT2D eigenvalue weighted by Crippen LogP contribution is 2.34. The van der Waals surface area contributed by atoms with E-state index in [-0.39, 0.29) is 24.1 Å². The number of hydrogen-bond donors (Lipinski definition) is 2. The minimum atomic E-state index is -0.542. The van der Waals surface area contributed by atoms with Crippen LogP contribution in [0.15, 0.2) is 12.1 Å². The summed E-state index contributed by atoms with van der Waals surface area (Å²) >= 11 is 0. The molecule has 2 heterocycles. The molecule has 1 aromatic rings. The number of hydrogen-bond acceptors (Lipinski definition) is 4. The van der Waals surface area contributed by atoms with Gasteiger partial charge in [-0.3, -0.25) is 19.7 Å². The van der Waals surface area contributed by atoms with Gasteiger partial charge in [0.15, 0.2) is 0 Å². The van der Waals surface area contributed by atoms with Crippen LogP contribution in [0.3, 0.4) is 0 Å². The zero-order chi connectivity index (χ0) is 16.1.